The maximum Gasteiger partial charge on any atom is 0.128 e. The van der Waals surface area contributed by atoms with Gasteiger partial charge in [-0.15, -0.1) is 0 Å². The molecule has 1 aromatic rings. The van der Waals surface area contributed by atoms with Crippen LogP contribution in [0.1, 0.15) is 5.56 Å². The number of rotatable bonds is 7. The van der Waals surface area contributed by atoms with Crippen LogP contribution >= 0.6 is 0 Å². The largest absolute Gasteiger partial charge is 0.389 e. The molecule has 1 rings (SSSR count). The second-order valence-corrected chi connectivity index (χ2v) is 4.02. The third kappa shape index (κ3) is 5.74. The van der Waals surface area contributed by atoms with E-state index in [0.717, 1.165) is 0 Å². The first kappa shape index (κ1) is 14.1. The fraction of sp³-hybridized carbons (Fsp3) is 0.500. The average Bonchev–Trinajstić information content (AvgIpc) is 2.29. The van der Waals surface area contributed by atoms with E-state index in [1.54, 1.807) is 23.2 Å². The van der Waals surface area contributed by atoms with E-state index in [2.05, 4.69) is 5.43 Å². The molecular weight excluding hydrogens is 223 g/mol. The first-order chi connectivity index (χ1) is 8.09. The van der Waals surface area contributed by atoms with Crippen molar-refractivity contribution in [2.75, 3.05) is 27.2 Å². The molecule has 4 nitrogen and oxygen atoms in total. The van der Waals surface area contributed by atoms with Gasteiger partial charge in [-0.3, -0.25) is 10.4 Å². The Balaban J connectivity index is 2.21. The van der Waals surface area contributed by atoms with E-state index in [1.165, 1.54) is 6.07 Å². The summed E-state index contributed by atoms with van der Waals surface area (Å²) in [5.41, 5.74) is 3.43. The van der Waals surface area contributed by atoms with E-state index in [-0.39, 0.29) is 19.0 Å². The van der Waals surface area contributed by atoms with E-state index in [0.29, 0.717) is 12.1 Å². The highest BCUT2D eigenvalue weighted by Gasteiger charge is 2.06. The standard InChI is InChI=1S/C12H19FN2O2/c1-15(2)14-7-11(16)9-17-8-10-5-3-4-6-12(10)13/h3-6,11,14,16H,7-9H2,1-2H3. The normalized spacial score (nSPS) is 13.0. The molecule has 1 aromatic carbocycles. The van der Waals surface area contributed by atoms with Crippen molar-refractivity contribution in [3.63, 3.8) is 0 Å². The van der Waals surface area contributed by atoms with Gasteiger partial charge in [0.1, 0.15) is 5.82 Å². The van der Waals surface area contributed by atoms with E-state index < -0.39 is 6.10 Å². The highest BCUT2D eigenvalue weighted by Crippen LogP contribution is 2.07. The van der Waals surface area contributed by atoms with Gasteiger partial charge >= 0.3 is 0 Å². The third-order valence-corrected chi connectivity index (χ3v) is 2.17. The molecule has 0 saturated carbocycles. The quantitative estimate of drug-likeness (QED) is 0.693. The Morgan fingerprint density at radius 1 is 1.41 bits per heavy atom. The minimum absolute atomic E-state index is 0.172. The van der Waals surface area contributed by atoms with Crippen LogP contribution < -0.4 is 5.43 Å². The summed E-state index contributed by atoms with van der Waals surface area (Å²) in [6, 6.07) is 6.45. The number of hydrogen-bond acceptors (Lipinski definition) is 4. The number of ether oxygens (including phenoxy) is 1. The maximum atomic E-state index is 13.2. The summed E-state index contributed by atoms with van der Waals surface area (Å²) in [6.45, 7) is 0.755. The van der Waals surface area contributed by atoms with Gasteiger partial charge in [0.15, 0.2) is 0 Å². The summed E-state index contributed by atoms with van der Waals surface area (Å²) in [5, 5.41) is 11.3. The first-order valence-electron chi connectivity index (χ1n) is 5.49. The van der Waals surface area contributed by atoms with Crippen LogP contribution in [0.4, 0.5) is 4.39 Å². The first-order valence-corrected chi connectivity index (χ1v) is 5.49. The Labute approximate surface area is 101 Å². The summed E-state index contributed by atoms with van der Waals surface area (Å²) in [7, 11) is 3.68. The molecule has 17 heavy (non-hydrogen) atoms. The number of aliphatic hydroxyl groups is 1. The number of benzene rings is 1. The molecule has 96 valence electrons. The summed E-state index contributed by atoms with van der Waals surface area (Å²) in [5.74, 6) is -0.284. The predicted octanol–water partition coefficient (Wildman–Crippen LogP) is 0.769. The lowest BCUT2D eigenvalue weighted by molar-refractivity contribution is 0.0204. The number of hydrazine groups is 1. The molecular formula is C12H19FN2O2. The van der Waals surface area contributed by atoms with Gasteiger partial charge in [-0.25, -0.2) is 4.39 Å². The van der Waals surface area contributed by atoms with Crippen LogP contribution in [0.2, 0.25) is 0 Å². The third-order valence-electron chi connectivity index (χ3n) is 2.17. The lowest BCUT2D eigenvalue weighted by atomic mass is 10.2. The van der Waals surface area contributed by atoms with Crippen molar-refractivity contribution >= 4 is 0 Å². The van der Waals surface area contributed by atoms with Gasteiger partial charge in [0.2, 0.25) is 0 Å². The second kappa shape index (κ2) is 7.34. The van der Waals surface area contributed by atoms with Crippen molar-refractivity contribution in [2.24, 2.45) is 0 Å². The van der Waals surface area contributed by atoms with Crippen LogP contribution in [0.25, 0.3) is 0 Å². The summed E-state index contributed by atoms with van der Waals surface area (Å²) >= 11 is 0. The minimum Gasteiger partial charge on any atom is -0.389 e. The molecule has 0 fully saturated rings. The van der Waals surface area contributed by atoms with Gasteiger partial charge < -0.3 is 9.84 Å². The summed E-state index contributed by atoms with van der Waals surface area (Å²) < 4.78 is 18.5. The molecule has 0 saturated heterocycles. The zero-order valence-corrected chi connectivity index (χ0v) is 10.2. The number of aliphatic hydroxyl groups excluding tert-OH is 1. The van der Waals surface area contributed by atoms with E-state index >= 15 is 0 Å². The Bertz CT molecular complexity index is 334. The lowest BCUT2D eigenvalue weighted by Gasteiger charge is -2.16. The molecule has 0 aliphatic rings. The van der Waals surface area contributed by atoms with Crippen LogP contribution in [0.5, 0.6) is 0 Å². The zero-order valence-electron chi connectivity index (χ0n) is 10.2. The van der Waals surface area contributed by atoms with Gasteiger partial charge in [0, 0.05) is 26.2 Å². The van der Waals surface area contributed by atoms with Crippen molar-refractivity contribution < 1.29 is 14.2 Å². The van der Waals surface area contributed by atoms with Gasteiger partial charge in [0.25, 0.3) is 0 Å². The monoisotopic (exact) mass is 242 g/mol. The summed E-state index contributed by atoms with van der Waals surface area (Å²) in [4.78, 5) is 0. The highest BCUT2D eigenvalue weighted by molar-refractivity contribution is 5.16. The molecule has 0 spiro atoms. The Kier molecular flexibility index (Phi) is 6.07. The minimum atomic E-state index is -0.607. The Morgan fingerprint density at radius 3 is 2.76 bits per heavy atom. The molecule has 0 bridgehead atoms. The van der Waals surface area contributed by atoms with Gasteiger partial charge in [-0.1, -0.05) is 18.2 Å². The second-order valence-electron chi connectivity index (χ2n) is 4.02. The van der Waals surface area contributed by atoms with Crippen LogP contribution in [-0.4, -0.2) is 43.5 Å². The van der Waals surface area contributed by atoms with Crippen molar-refractivity contribution in [1.29, 1.82) is 0 Å². The van der Waals surface area contributed by atoms with E-state index in [9.17, 15) is 9.50 Å². The van der Waals surface area contributed by atoms with Gasteiger partial charge in [-0.2, -0.15) is 0 Å². The average molecular weight is 242 g/mol. The van der Waals surface area contributed by atoms with Gasteiger partial charge in [0.05, 0.1) is 19.3 Å². The van der Waals surface area contributed by atoms with Crippen molar-refractivity contribution in [1.82, 2.24) is 10.4 Å². The molecule has 0 amide bonds. The molecule has 0 heterocycles. The molecule has 1 unspecified atom stereocenters. The van der Waals surface area contributed by atoms with Crippen molar-refractivity contribution in [3.05, 3.63) is 35.6 Å². The van der Waals surface area contributed by atoms with Gasteiger partial charge in [-0.05, 0) is 6.07 Å². The Hall–Kier alpha value is -1.01. The fourth-order valence-corrected chi connectivity index (χ4v) is 1.27. The molecule has 0 aliphatic heterocycles. The maximum absolute atomic E-state index is 13.2. The number of nitrogens with zero attached hydrogens (tertiary/aromatic N) is 1. The van der Waals surface area contributed by atoms with E-state index in [1.807, 2.05) is 14.1 Å². The predicted molar refractivity (Wildman–Crippen MR) is 63.8 cm³/mol. The van der Waals surface area contributed by atoms with Crippen LogP contribution in [0.15, 0.2) is 24.3 Å². The smallest absolute Gasteiger partial charge is 0.128 e. The van der Waals surface area contributed by atoms with Crippen LogP contribution in [-0.2, 0) is 11.3 Å². The van der Waals surface area contributed by atoms with Crippen molar-refractivity contribution in [3.8, 4) is 0 Å². The molecule has 5 heteroatoms. The summed E-state index contributed by atoms with van der Waals surface area (Å²) in [6.07, 6.45) is -0.607. The molecule has 0 radical (unpaired) electrons. The molecule has 0 aromatic heterocycles. The molecule has 2 N–H and O–H groups in total. The number of nitrogens with one attached hydrogen (secondary N) is 1. The Morgan fingerprint density at radius 2 is 2.12 bits per heavy atom. The number of hydrogen-bond donors (Lipinski definition) is 2. The van der Waals surface area contributed by atoms with E-state index in [4.69, 9.17) is 4.74 Å². The van der Waals surface area contributed by atoms with Crippen LogP contribution in [0.3, 0.4) is 0 Å². The zero-order chi connectivity index (χ0) is 12.7. The van der Waals surface area contributed by atoms with Crippen molar-refractivity contribution in [2.45, 2.75) is 12.7 Å². The number of halogens is 1. The van der Waals surface area contributed by atoms with Crippen LogP contribution in [0, 0.1) is 5.82 Å². The molecule has 0 aliphatic carbocycles. The fourth-order valence-electron chi connectivity index (χ4n) is 1.27. The SMILES string of the molecule is CN(C)NCC(O)COCc1ccccc1F. The highest BCUT2D eigenvalue weighted by atomic mass is 19.1. The lowest BCUT2D eigenvalue weighted by Crippen LogP contribution is -2.38. The topological polar surface area (TPSA) is 44.7 Å². The molecule has 1 atom stereocenters.